The molecule has 28 heavy (non-hydrogen) atoms. The fourth-order valence-electron chi connectivity index (χ4n) is 2.82. The van der Waals surface area contributed by atoms with Gasteiger partial charge in [-0.25, -0.2) is 4.98 Å². The Kier molecular flexibility index (Phi) is 6.41. The zero-order valence-electron chi connectivity index (χ0n) is 15.7. The van der Waals surface area contributed by atoms with Gasteiger partial charge in [-0.05, 0) is 17.2 Å². The van der Waals surface area contributed by atoms with Crippen molar-refractivity contribution >= 4 is 28.6 Å². The SMILES string of the molecule is C#CCNC(=O)CSc1cc(-c2ccccc2)c2c(OC)cc(OC)cc2n1. The molecule has 1 N–H and O–H groups in total. The Hall–Kier alpha value is -3.17. The van der Waals surface area contributed by atoms with Crippen molar-refractivity contribution in [2.45, 2.75) is 5.03 Å². The van der Waals surface area contributed by atoms with Gasteiger partial charge in [0.2, 0.25) is 5.91 Å². The van der Waals surface area contributed by atoms with Gasteiger partial charge in [0.05, 0.1) is 42.4 Å². The average Bonchev–Trinajstić information content (AvgIpc) is 2.75. The maximum atomic E-state index is 11.9. The molecule has 0 saturated heterocycles. The average molecular weight is 392 g/mol. The predicted octanol–water partition coefficient (Wildman–Crippen LogP) is 3.76. The van der Waals surface area contributed by atoms with Crippen molar-refractivity contribution < 1.29 is 14.3 Å². The molecule has 1 aromatic heterocycles. The minimum absolute atomic E-state index is 0.130. The number of carbonyl (C=O) groups is 1. The third-order valence-corrected chi connectivity index (χ3v) is 5.01. The van der Waals surface area contributed by atoms with Crippen LogP contribution in [0, 0.1) is 12.3 Å². The first-order valence-electron chi connectivity index (χ1n) is 8.61. The summed E-state index contributed by atoms with van der Waals surface area (Å²) in [4.78, 5) is 16.6. The maximum Gasteiger partial charge on any atom is 0.231 e. The molecular formula is C22H20N2O3S. The highest BCUT2D eigenvalue weighted by molar-refractivity contribution is 7.99. The number of hydrogen-bond donors (Lipinski definition) is 1. The molecule has 0 radical (unpaired) electrons. The van der Waals surface area contributed by atoms with Crippen molar-refractivity contribution in [3.63, 3.8) is 0 Å². The number of nitrogens with zero attached hydrogens (tertiary/aromatic N) is 1. The molecule has 0 aliphatic heterocycles. The highest BCUT2D eigenvalue weighted by Gasteiger charge is 2.15. The fourth-order valence-corrected chi connectivity index (χ4v) is 3.57. The van der Waals surface area contributed by atoms with E-state index >= 15 is 0 Å². The van der Waals surface area contributed by atoms with Crippen molar-refractivity contribution in [1.82, 2.24) is 10.3 Å². The van der Waals surface area contributed by atoms with E-state index in [9.17, 15) is 4.79 Å². The molecule has 0 spiro atoms. The van der Waals surface area contributed by atoms with E-state index in [1.165, 1.54) is 11.8 Å². The van der Waals surface area contributed by atoms with Gasteiger partial charge >= 0.3 is 0 Å². The zero-order chi connectivity index (χ0) is 19.9. The number of carbonyl (C=O) groups excluding carboxylic acids is 1. The van der Waals surface area contributed by atoms with Crippen molar-refractivity contribution in [1.29, 1.82) is 0 Å². The smallest absolute Gasteiger partial charge is 0.231 e. The largest absolute Gasteiger partial charge is 0.497 e. The lowest BCUT2D eigenvalue weighted by atomic mass is 10.0. The van der Waals surface area contributed by atoms with E-state index in [1.807, 2.05) is 48.5 Å². The molecule has 1 heterocycles. The molecule has 0 fully saturated rings. The van der Waals surface area contributed by atoms with E-state index in [-0.39, 0.29) is 18.2 Å². The summed E-state index contributed by atoms with van der Waals surface area (Å²) in [6.07, 6.45) is 5.18. The molecule has 0 aliphatic carbocycles. The number of hydrogen-bond acceptors (Lipinski definition) is 5. The van der Waals surface area contributed by atoms with E-state index in [1.54, 1.807) is 14.2 Å². The number of terminal acetylenes is 1. The first-order chi connectivity index (χ1) is 13.7. The summed E-state index contributed by atoms with van der Waals surface area (Å²) in [6, 6.07) is 15.7. The molecule has 0 saturated carbocycles. The molecule has 6 heteroatoms. The third kappa shape index (κ3) is 4.38. The molecule has 1 amide bonds. The van der Waals surface area contributed by atoms with Crippen LogP contribution in [0.2, 0.25) is 0 Å². The lowest BCUT2D eigenvalue weighted by Gasteiger charge is -2.14. The first-order valence-corrected chi connectivity index (χ1v) is 9.60. The summed E-state index contributed by atoms with van der Waals surface area (Å²) >= 11 is 1.36. The van der Waals surface area contributed by atoms with Crippen LogP contribution in [0.5, 0.6) is 11.5 Å². The normalized spacial score (nSPS) is 10.3. The van der Waals surface area contributed by atoms with Crippen LogP contribution in [0.25, 0.3) is 22.0 Å². The minimum Gasteiger partial charge on any atom is -0.497 e. The standard InChI is InChI=1S/C22H20N2O3S/c1-4-10-23-20(25)14-28-21-13-17(15-8-6-5-7-9-15)22-18(24-21)11-16(26-2)12-19(22)27-3/h1,5-9,11-13H,10,14H2,2-3H3,(H,23,25). The van der Waals surface area contributed by atoms with Gasteiger partial charge in [-0.3, -0.25) is 4.79 Å². The van der Waals surface area contributed by atoms with Gasteiger partial charge in [0.25, 0.3) is 0 Å². The van der Waals surface area contributed by atoms with Crippen LogP contribution in [0.3, 0.4) is 0 Å². The van der Waals surface area contributed by atoms with Crippen molar-refractivity contribution in [3.8, 4) is 35.0 Å². The number of aromatic nitrogens is 1. The van der Waals surface area contributed by atoms with E-state index in [2.05, 4.69) is 11.2 Å². The van der Waals surface area contributed by atoms with E-state index in [4.69, 9.17) is 20.9 Å². The first kappa shape index (κ1) is 19.6. The molecule has 0 aliphatic rings. The molecular weight excluding hydrogens is 372 g/mol. The van der Waals surface area contributed by atoms with E-state index in [0.29, 0.717) is 11.5 Å². The van der Waals surface area contributed by atoms with Crippen LogP contribution in [0.1, 0.15) is 0 Å². The summed E-state index contributed by atoms with van der Waals surface area (Å²) in [7, 11) is 3.23. The number of rotatable bonds is 7. The molecule has 3 aromatic rings. The quantitative estimate of drug-likeness (QED) is 0.490. The maximum absolute atomic E-state index is 11.9. The van der Waals surface area contributed by atoms with Crippen LogP contribution in [0.15, 0.2) is 53.6 Å². The Morgan fingerprint density at radius 3 is 2.64 bits per heavy atom. The number of thioether (sulfide) groups is 1. The topological polar surface area (TPSA) is 60.5 Å². The number of pyridine rings is 1. The third-order valence-electron chi connectivity index (χ3n) is 4.10. The van der Waals surface area contributed by atoms with Crippen molar-refractivity contribution in [3.05, 3.63) is 48.5 Å². The number of methoxy groups -OCH3 is 2. The van der Waals surface area contributed by atoms with Gasteiger partial charge in [-0.15, -0.1) is 6.42 Å². The number of fused-ring (bicyclic) bond motifs is 1. The minimum atomic E-state index is -0.130. The van der Waals surface area contributed by atoms with Crippen LogP contribution >= 0.6 is 11.8 Å². The van der Waals surface area contributed by atoms with Gasteiger partial charge in [0, 0.05) is 12.1 Å². The second kappa shape index (κ2) is 9.16. The van der Waals surface area contributed by atoms with Crippen LogP contribution in [-0.4, -0.2) is 37.4 Å². The molecule has 2 aromatic carbocycles. The van der Waals surface area contributed by atoms with Crippen molar-refractivity contribution in [2.75, 3.05) is 26.5 Å². The van der Waals surface area contributed by atoms with Crippen LogP contribution < -0.4 is 14.8 Å². The van der Waals surface area contributed by atoms with Crippen LogP contribution in [-0.2, 0) is 4.79 Å². The molecule has 0 bridgehead atoms. The number of ether oxygens (including phenoxy) is 2. The Balaban J connectivity index is 2.09. The summed E-state index contributed by atoms with van der Waals surface area (Å²) in [5, 5.41) is 4.29. The fraction of sp³-hybridized carbons (Fsp3) is 0.182. The highest BCUT2D eigenvalue weighted by Crippen LogP contribution is 2.39. The Morgan fingerprint density at radius 2 is 1.96 bits per heavy atom. The van der Waals surface area contributed by atoms with E-state index in [0.717, 1.165) is 27.1 Å². The second-order valence-corrected chi connectivity index (χ2v) is 6.86. The molecule has 142 valence electrons. The summed E-state index contributed by atoms with van der Waals surface area (Å²) in [5.74, 6) is 3.84. The molecule has 0 atom stereocenters. The number of nitrogens with one attached hydrogen (secondary N) is 1. The highest BCUT2D eigenvalue weighted by atomic mass is 32.2. The summed E-state index contributed by atoms with van der Waals surface area (Å²) in [6.45, 7) is 0.216. The van der Waals surface area contributed by atoms with Gasteiger partial charge < -0.3 is 14.8 Å². The molecule has 5 nitrogen and oxygen atoms in total. The molecule has 0 unspecified atom stereocenters. The van der Waals surface area contributed by atoms with E-state index < -0.39 is 0 Å². The zero-order valence-corrected chi connectivity index (χ0v) is 16.5. The van der Waals surface area contributed by atoms with Crippen molar-refractivity contribution in [2.24, 2.45) is 0 Å². The lowest BCUT2D eigenvalue weighted by Crippen LogP contribution is -2.25. The monoisotopic (exact) mass is 392 g/mol. The van der Waals surface area contributed by atoms with Gasteiger partial charge in [0.1, 0.15) is 11.5 Å². The number of benzene rings is 2. The Labute approximate surface area is 168 Å². The number of amides is 1. The predicted molar refractivity (Wildman–Crippen MR) is 113 cm³/mol. The van der Waals surface area contributed by atoms with Gasteiger partial charge in [-0.1, -0.05) is 48.0 Å². The Morgan fingerprint density at radius 1 is 1.18 bits per heavy atom. The van der Waals surface area contributed by atoms with Gasteiger partial charge in [-0.2, -0.15) is 0 Å². The summed E-state index contributed by atoms with van der Waals surface area (Å²) < 4.78 is 11.0. The van der Waals surface area contributed by atoms with Crippen LogP contribution in [0.4, 0.5) is 0 Å². The lowest BCUT2D eigenvalue weighted by molar-refractivity contribution is -0.118. The van der Waals surface area contributed by atoms with Gasteiger partial charge in [0.15, 0.2) is 0 Å². The second-order valence-electron chi connectivity index (χ2n) is 5.87. The summed E-state index contributed by atoms with van der Waals surface area (Å²) in [5.41, 5.74) is 2.76. The Bertz CT molecular complexity index is 1030. The molecule has 3 rings (SSSR count).